The van der Waals surface area contributed by atoms with E-state index in [1.54, 1.807) is 33.5 Å². The molecule has 0 atom stereocenters. The monoisotopic (exact) mass is 383 g/mol. The summed E-state index contributed by atoms with van der Waals surface area (Å²) >= 11 is 0. The first-order valence-corrected chi connectivity index (χ1v) is 10.7. The van der Waals surface area contributed by atoms with Crippen LogP contribution in [0.1, 0.15) is 41.5 Å². The van der Waals surface area contributed by atoms with Gasteiger partial charge in [0.15, 0.2) is 0 Å². The number of nitrogens with one attached hydrogen (secondary N) is 1. The lowest BCUT2D eigenvalue weighted by Gasteiger charge is -2.25. The van der Waals surface area contributed by atoms with Crippen LogP contribution in [0.2, 0.25) is 0 Å². The molecule has 1 aromatic rings. The van der Waals surface area contributed by atoms with Gasteiger partial charge in [-0.25, -0.2) is 13.2 Å². The maximum Gasteiger partial charge on any atom is 0.321 e. The van der Waals surface area contributed by atoms with Crippen LogP contribution in [0.5, 0.6) is 0 Å². The minimum Gasteiger partial charge on any atom is -0.325 e. The Hall–Kier alpha value is -1.60. The van der Waals surface area contributed by atoms with Crippen molar-refractivity contribution in [3.8, 4) is 0 Å². The summed E-state index contributed by atoms with van der Waals surface area (Å²) in [5, 5.41) is 2.79. The third-order valence-electron chi connectivity index (χ3n) is 3.93. The highest BCUT2D eigenvalue weighted by Crippen LogP contribution is 2.21. The Balaban J connectivity index is 2.98. The van der Waals surface area contributed by atoms with Gasteiger partial charge in [0, 0.05) is 31.9 Å². The molecule has 1 N–H and O–H groups in total. The van der Waals surface area contributed by atoms with Gasteiger partial charge in [0.2, 0.25) is 10.0 Å². The number of nitrogens with zero attached hydrogens (tertiary/aromatic N) is 2. The number of rotatable bonds is 9. The first-order valence-electron chi connectivity index (χ1n) is 9.27. The van der Waals surface area contributed by atoms with Crippen LogP contribution in [0.3, 0.4) is 0 Å². The normalized spacial score (nSPS) is 12.0. The average molecular weight is 384 g/mol. The molecule has 0 saturated carbocycles. The highest BCUT2D eigenvalue weighted by molar-refractivity contribution is 7.89. The van der Waals surface area contributed by atoms with E-state index in [1.807, 2.05) is 41.5 Å². The quantitative estimate of drug-likeness (QED) is 0.704. The molecule has 2 amide bonds. The Morgan fingerprint density at radius 2 is 1.42 bits per heavy atom. The lowest BCUT2D eigenvalue weighted by molar-refractivity contribution is 0.217. The van der Waals surface area contributed by atoms with Gasteiger partial charge < -0.3 is 10.2 Å². The minimum absolute atomic E-state index is 0.188. The molecule has 1 rings (SSSR count). The summed E-state index contributed by atoms with van der Waals surface area (Å²) in [6.45, 7) is 14.1. The first-order chi connectivity index (χ1) is 12.1. The van der Waals surface area contributed by atoms with Crippen LogP contribution in [-0.2, 0) is 10.0 Å². The molecule has 26 heavy (non-hydrogen) atoms. The van der Waals surface area contributed by atoms with Crippen molar-refractivity contribution >= 4 is 21.7 Å². The van der Waals surface area contributed by atoms with Gasteiger partial charge in [-0.15, -0.1) is 0 Å². The average Bonchev–Trinajstić information content (AvgIpc) is 2.55. The van der Waals surface area contributed by atoms with Crippen molar-refractivity contribution in [3.05, 3.63) is 24.3 Å². The fraction of sp³-hybridized carbons (Fsp3) is 0.632. The lowest BCUT2D eigenvalue weighted by Crippen LogP contribution is -2.37. The maximum atomic E-state index is 13.0. The van der Waals surface area contributed by atoms with Crippen LogP contribution in [-0.4, -0.2) is 49.8 Å². The molecule has 148 valence electrons. The van der Waals surface area contributed by atoms with Crippen LogP contribution < -0.4 is 5.32 Å². The van der Waals surface area contributed by atoms with Gasteiger partial charge >= 0.3 is 6.03 Å². The minimum atomic E-state index is -3.55. The van der Waals surface area contributed by atoms with Crippen LogP contribution in [0.25, 0.3) is 0 Å². The predicted octanol–water partition coefficient (Wildman–Crippen LogP) is 3.86. The van der Waals surface area contributed by atoms with Crippen molar-refractivity contribution in [2.24, 2.45) is 11.8 Å². The Morgan fingerprint density at radius 1 is 0.962 bits per heavy atom. The standard InChI is InChI=1S/C19H33N3O3S/c1-7-21(8-2)19(23)20-17-9-11-18(12-10-17)26(24,25)22(13-15(3)4)14-16(5)6/h9-12,15-16H,7-8,13-14H2,1-6H3,(H,20,23). The highest BCUT2D eigenvalue weighted by atomic mass is 32.2. The molecule has 6 nitrogen and oxygen atoms in total. The SMILES string of the molecule is CCN(CC)C(=O)Nc1ccc(S(=O)(=O)N(CC(C)C)CC(C)C)cc1. The summed E-state index contributed by atoms with van der Waals surface area (Å²) < 4.78 is 27.5. The van der Waals surface area contributed by atoms with Gasteiger partial charge in [0.05, 0.1) is 4.90 Å². The highest BCUT2D eigenvalue weighted by Gasteiger charge is 2.25. The Kier molecular flexibility index (Phi) is 8.56. The van der Waals surface area contributed by atoms with E-state index in [1.165, 1.54) is 0 Å². The molecule has 0 unspecified atom stereocenters. The second kappa shape index (κ2) is 9.92. The zero-order valence-corrected chi connectivity index (χ0v) is 17.6. The van der Waals surface area contributed by atoms with Crippen molar-refractivity contribution in [1.29, 1.82) is 0 Å². The molecule has 7 heteroatoms. The Labute approximate surface area is 158 Å². The number of carbonyl (C=O) groups excluding carboxylic acids is 1. The summed E-state index contributed by atoms with van der Waals surface area (Å²) in [5.74, 6) is 0.493. The van der Waals surface area contributed by atoms with Crippen LogP contribution in [0, 0.1) is 11.8 Å². The Morgan fingerprint density at radius 3 is 1.81 bits per heavy atom. The van der Waals surface area contributed by atoms with Gasteiger partial charge in [-0.3, -0.25) is 0 Å². The van der Waals surface area contributed by atoms with E-state index in [0.29, 0.717) is 31.9 Å². The number of hydrogen-bond donors (Lipinski definition) is 1. The summed E-state index contributed by atoms with van der Waals surface area (Å²) in [5.41, 5.74) is 0.583. The molecule has 0 aliphatic heterocycles. The number of anilines is 1. The molecule has 0 bridgehead atoms. The van der Waals surface area contributed by atoms with Gasteiger partial charge in [-0.1, -0.05) is 27.7 Å². The van der Waals surface area contributed by atoms with Crippen LogP contribution >= 0.6 is 0 Å². The van der Waals surface area contributed by atoms with E-state index in [-0.39, 0.29) is 22.8 Å². The van der Waals surface area contributed by atoms with Gasteiger partial charge in [0.25, 0.3) is 0 Å². The summed E-state index contributed by atoms with van der Waals surface area (Å²) in [6, 6.07) is 6.20. The third-order valence-corrected chi connectivity index (χ3v) is 5.78. The largest absolute Gasteiger partial charge is 0.325 e. The zero-order valence-electron chi connectivity index (χ0n) is 16.8. The molecule has 0 fully saturated rings. The first kappa shape index (κ1) is 22.4. The van der Waals surface area contributed by atoms with Gasteiger partial charge in [0.1, 0.15) is 0 Å². The number of carbonyl (C=O) groups is 1. The van der Waals surface area contributed by atoms with E-state index < -0.39 is 10.0 Å². The topological polar surface area (TPSA) is 69.7 Å². The molecule has 0 aliphatic rings. The third kappa shape index (κ3) is 6.29. The Bertz CT molecular complexity index is 656. The second-order valence-electron chi connectivity index (χ2n) is 7.24. The van der Waals surface area contributed by atoms with Crippen molar-refractivity contribution in [3.63, 3.8) is 0 Å². The smallest absolute Gasteiger partial charge is 0.321 e. The van der Waals surface area contributed by atoms with Crippen LogP contribution in [0.15, 0.2) is 29.2 Å². The van der Waals surface area contributed by atoms with E-state index in [0.717, 1.165) is 0 Å². The molecule has 0 heterocycles. The van der Waals surface area contributed by atoms with Crippen molar-refractivity contribution in [2.75, 3.05) is 31.5 Å². The molecular formula is C19H33N3O3S. The van der Waals surface area contributed by atoms with Crippen LogP contribution in [0.4, 0.5) is 10.5 Å². The maximum absolute atomic E-state index is 13.0. The van der Waals surface area contributed by atoms with Gasteiger partial charge in [-0.2, -0.15) is 4.31 Å². The number of urea groups is 1. The number of hydrogen-bond acceptors (Lipinski definition) is 3. The van der Waals surface area contributed by atoms with Gasteiger partial charge in [-0.05, 0) is 49.9 Å². The zero-order chi connectivity index (χ0) is 19.9. The van der Waals surface area contributed by atoms with Crippen molar-refractivity contribution in [1.82, 2.24) is 9.21 Å². The summed E-state index contributed by atoms with van der Waals surface area (Å²) in [7, 11) is -3.55. The number of benzene rings is 1. The van der Waals surface area contributed by atoms with Crippen molar-refractivity contribution < 1.29 is 13.2 Å². The van der Waals surface area contributed by atoms with E-state index in [2.05, 4.69) is 5.32 Å². The fourth-order valence-corrected chi connectivity index (χ4v) is 4.42. The predicted molar refractivity (Wildman–Crippen MR) is 107 cm³/mol. The van der Waals surface area contributed by atoms with E-state index in [4.69, 9.17) is 0 Å². The number of sulfonamides is 1. The molecular weight excluding hydrogens is 350 g/mol. The molecule has 0 aromatic heterocycles. The van der Waals surface area contributed by atoms with Crippen molar-refractivity contribution in [2.45, 2.75) is 46.4 Å². The van der Waals surface area contributed by atoms with E-state index >= 15 is 0 Å². The molecule has 1 aromatic carbocycles. The summed E-state index contributed by atoms with van der Waals surface area (Å²) in [6.07, 6.45) is 0. The molecule has 0 saturated heterocycles. The van der Waals surface area contributed by atoms with E-state index in [9.17, 15) is 13.2 Å². The molecule has 0 spiro atoms. The molecule has 0 radical (unpaired) electrons. The number of amides is 2. The fourth-order valence-electron chi connectivity index (χ4n) is 2.66. The molecule has 0 aliphatic carbocycles. The second-order valence-corrected chi connectivity index (χ2v) is 9.17. The lowest BCUT2D eigenvalue weighted by atomic mass is 10.2. The summed E-state index contributed by atoms with van der Waals surface area (Å²) in [4.78, 5) is 14.0.